The number of hydrogen-bond donors (Lipinski definition) is 1. The molecule has 140 valence electrons. The number of rotatable bonds is 5. The summed E-state index contributed by atoms with van der Waals surface area (Å²) in [7, 11) is 0. The highest BCUT2D eigenvalue weighted by Crippen LogP contribution is 2.38. The molecule has 1 aliphatic rings. The van der Waals surface area contributed by atoms with Crippen LogP contribution in [0, 0.1) is 0 Å². The predicted octanol–water partition coefficient (Wildman–Crippen LogP) is 4.80. The van der Waals surface area contributed by atoms with Gasteiger partial charge in [0.25, 0.3) is 5.91 Å². The molecule has 1 aliphatic carbocycles. The van der Waals surface area contributed by atoms with Crippen LogP contribution in [0.3, 0.4) is 0 Å². The number of fused-ring (bicyclic) bond motifs is 3. The van der Waals surface area contributed by atoms with Crippen LogP contribution in [0.1, 0.15) is 47.5 Å². The minimum atomic E-state index is 0.0596. The van der Waals surface area contributed by atoms with Crippen molar-refractivity contribution in [1.29, 1.82) is 0 Å². The number of anilines is 2. The minimum absolute atomic E-state index is 0.0596. The maximum atomic E-state index is 12.6. The second kappa shape index (κ2) is 7.64. The zero-order valence-corrected chi connectivity index (χ0v) is 16.6. The number of carbonyl (C=O) groups is 1. The molecule has 0 aliphatic heterocycles. The number of hydrogen-bond acceptors (Lipinski definition) is 5. The van der Waals surface area contributed by atoms with Crippen LogP contribution in [-0.2, 0) is 12.8 Å². The van der Waals surface area contributed by atoms with Gasteiger partial charge in [0.1, 0.15) is 17.0 Å². The maximum absolute atomic E-state index is 12.6. The van der Waals surface area contributed by atoms with Crippen molar-refractivity contribution in [3.63, 3.8) is 0 Å². The number of carbonyl (C=O) groups excluding carboxylic acids is 1. The van der Waals surface area contributed by atoms with E-state index in [-0.39, 0.29) is 5.91 Å². The molecule has 0 saturated heterocycles. The fourth-order valence-electron chi connectivity index (χ4n) is 3.75. The zero-order valence-electron chi connectivity index (χ0n) is 15.8. The van der Waals surface area contributed by atoms with Gasteiger partial charge >= 0.3 is 0 Å². The van der Waals surface area contributed by atoms with E-state index in [0.29, 0.717) is 18.7 Å². The smallest absolute Gasteiger partial charge is 0.253 e. The Balaban J connectivity index is 1.68. The molecule has 2 aromatic heterocycles. The summed E-state index contributed by atoms with van der Waals surface area (Å²) in [6.07, 6.45) is 6.34. The molecule has 0 fully saturated rings. The average molecular weight is 381 g/mol. The summed E-state index contributed by atoms with van der Waals surface area (Å²) in [5.41, 5.74) is 2.98. The lowest BCUT2D eigenvalue weighted by Gasteiger charge is -2.19. The highest BCUT2D eigenvalue weighted by atomic mass is 32.1. The SMILES string of the molecule is CCN(CC)C(=O)c1cccc(Nc2ncnc3sc4c(c23)CCCC4)c1. The predicted molar refractivity (Wildman–Crippen MR) is 111 cm³/mol. The Morgan fingerprint density at radius 1 is 1.19 bits per heavy atom. The second-order valence-electron chi connectivity index (χ2n) is 6.80. The van der Waals surface area contributed by atoms with Crippen molar-refractivity contribution < 1.29 is 4.79 Å². The van der Waals surface area contributed by atoms with Crippen LogP contribution in [0.2, 0.25) is 0 Å². The van der Waals surface area contributed by atoms with Gasteiger partial charge in [-0.3, -0.25) is 4.79 Å². The van der Waals surface area contributed by atoms with Crippen molar-refractivity contribution in [1.82, 2.24) is 14.9 Å². The van der Waals surface area contributed by atoms with Crippen LogP contribution >= 0.6 is 11.3 Å². The Morgan fingerprint density at radius 3 is 2.81 bits per heavy atom. The highest BCUT2D eigenvalue weighted by Gasteiger charge is 2.20. The van der Waals surface area contributed by atoms with Crippen LogP contribution in [0.25, 0.3) is 10.2 Å². The summed E-state index contributed by atoms with van der Waals surface area (Å²) in [5.74, 6) is 0.899. The Kier molecular flexibility index (Phi) is 5.07. The molecule has 1 amide bonds. The van der Waals surface area contributed by atoms with Gasteiger partial charge in [-0.25, -0.2) is 9.97 Å². The molecule has 1 N–H and O–H groups in total. The van der Waals surface area contributed by atoms with Crippen molar-refractivity contribution in [3.05, 3.63) is 46.6 Å². The topological polar surface area (TPSA) is 58.1 Å². The van der Waals surface area contributed by atoms with Crippen molar-refractivity contribution in [2.75, 3.05) is 18.4 Å². The van der Waals surface area contributed by atoms with Gasteiger partial charge in [-0.2, -0.15) is 0 Å². The van der Waals surface area contributed by atoms with Gasteiger partial charge in [-0.1, -0.05) is 6.07 Å². The summed E-state index contributed by atoms with van der Waals surface area (Å²) in [5, 5.41) is 4.59. The summed E-state index contributed by atoms with van der Waals surface area (Å²) >= 11 is 1.79. The molecule has 0 unspecified atom stereocenters. The van der Waals surface area contributed by atoms with Gasteiger partial charge in [0.05, 0.1) is 5.39 Å². The van der Waals surface area contributed by atoms with E-state index < -0.39 is 0 Å². The van der Waals surface area contributed by atoms with Crippen molar-refractivity contribution >= 4 is 39.0 Å². The number of aromatic nitrogens is 2. The van der Waals surface area contributed by atoms with Crippen LogP contribution in [-0.4, -0.2) is 33.9 Å². The number of aryl methyl sites for hydroxylation is 2. The lowest BCUT2D eigenvalue weighted by Crippen LogP contribution is -2.30. The molecule has 5 nitrogen and oxygen atoms in total. The summed E-state index contributed by atoms with van der Waals surface area (Å²) in [6.45, 7) is 5.42. The van der Waals surface area contributed by atoms with Crippen molar-refractivity contribution in [3.8, 4) is 0 Å². The van der Waals surface area contributed by atoms with E-state index in [1.54, 1.807) is 17.7 Å². The fourth-order valence-corrected chi connectivity index (χ4v) is 4.97. The lowest BCUT2D eigenvalue weighted by molar-refractivity contribution is 0.0773. The monoisotopic (exact) mass is 380 g/mol. The van der Waals surface area contributed by atoms with Crippen LogP contribution in [0.5, 0.6) is 0 Å². The van der Waals surface area contributed by atoms with E-state index in [2.05, 4.69) is 15.3 Å². The number of nitrogens with one attached hydrogen (secondary N) is 1. The number of amides is 1. The number of nitrogens with zero attached hydrogens (tertiary/aromatic N) is 3. The molecule has 27 heavy (non-hydrogen) atoms. The second-order valence-corrected chi connectivity index (χ2v) is 7.88. The van der Waals surface area contributed by atoms with E-state index in [4.69, 9.17) is 0 Å². The van der Waals surface area contributed by atoms with Crippen molar-refractivity contribution in [2.45, 2.75) is 39.5 Å². The van der Waals surface area contributed by atoms with Gasteiger partial charge in [-0.15, -0.1) is 11.3 Å². The normalized spacial score (nSPS) is 13.4. The van der Waals surface area contributed by atoms with Crippen LogP contribution in [0.4, 0.5) is 11.5 Å². The Bertz CT molecular complexity index is 977. The van der Waals surface area contributed by atoms with E-state index in [1.807, 2.05) is 43.0 Å². The first kappa shape index (κ1) is 17.9. The molecule has 4 rings (SSSR count). The minimum Gasteiger partial charge on any atom is -0.340 e. The molecular weight excluding hydrogens is 356 g/mol. The molecule has 0 bridgehead atoms. The summed E-state index contributed by atoms with van der Waals surface area (Å²) in [6, 6.07) is 7.67. The van der Waals surface area contributed by atoms with Crippen molar-refractivity contribution in [2.24, 2.45) is 0 Å². The Morgan fingerprint density at radius 2 is 2.00 bits per heavy atom. The van der Waals surface area contributed by atoms with E-state index in [0.717, 1.165) is 34.6 Å². The Hall–Kier alpha value is -2.47. The third kappa shape index (κ3) is 3.41. The first-order valence-corrected chi connectivity index (χ1v) is 10.4. The van der Waals surface area contributed by atoms with Gasteiger partial charge < -0.3 is 10.2 Å². The van der Waals surface area contributed by atoms with Gasteiger partial charge in [0.15, 0.2) is 0 Å². The zero-order chi connectivity index (χ0) is 18.8. The first-order valence-electron chi connectivity index (χ1n) is 9.62. The van der Waals surface area contributed by atoms with Crippen LogP contribution in [0.15, 0.2) is 30.6 Å². The quantitative estimate of drug-likeness (QED) is 0.691. The molecule has 2 heterocycles. The molecule has 0 saturated carbocycles. The van der Waals surface area contributed by atoms with E-state index >= 15 is 0 Å². The van der Waals surface area contributed by atoms with E-state index in [9.17, 15) is 4.79 Å². The molecule has 0 atom stereocenters. The Labute approximate surface area is 163 Å². The third-order valence-corrected chi connectivity index (χ3v) is 6.37. The third-order valence-electron chi connectivity index (χ3n) is 5.17. The molecule has 6 heteroatoms. The summed E-state index contributed by atoms with van der Waals surface area (Å²) in [4.78, 5) is 26.0. The van der Waals surface area contributed by atoms with E-state index in [1.165, 1.54) is 23.3 Å². The molecule has 0 spiro atoms. The highest BCUT2D eigenvalue weighted by molar-refractivity contribution is 7.19. The average Bonchev–Trinajstić information content (AvgIpc) is 3.08. The summed E-state index contributed by atoms with van der Waals surface area (Å²) < 4.78 is 0. The van der Waals surface area contributed by atoms with Crippen LogP contribution < -0.4 is 5.32 Å². The number of thiophene rings is 1. The molecular formula is C21H24N4OS. The molecule has 1 aromatic carbocycles. The first-order chi connectivity index (χ1) is 13.2. The molecule has 3 aromatic rings. The van der Waals surface area contributed by atoms with Gasteiger partial charge in [0, 0.05) is 29.2 Å². The maximum Gasteiger partial charge on any atom is 0.253 e. The molecule has 0 radical (unpaired) electrons. The van der Waals surface area contributed by atoms with Gasteiger partial charge in [-0.05, 0) is 63.3 Å². The lowest BCUT2D eigenvalue weighted by atomic mass is 9.97. The number of benzene rings is 1. The largest absolute Gasteiger partial charge is 0.340 e. The fraction of sp³-hybridized carbons (Fsp3) is 0.381. The van der Waals surface area contributed by atoms with Gasteiger partial charge in [0.2, 0.25) is 0 Å². The standard InChI is InChI=1S/C21H24N4OS/c1-3-25(4-2)21(26)14-8-7-9-15(12-14)24-19-18-16-10-5-6-11-17(16)27-20(18)23-13-22-19/h7-9,12-13H,3-6,10-11H2,1-2H3,(H,22,23,24).